The molecule has 0 aromatic heterocycles. The number of benzene rings is 1. The van der Waals surface area contributed by atoms with Gasteiger partial charge in [-0.05, 0) is 31.0 Å². The molecule has 0 amide bonds. The van der Waals surface area contributed by atoms with Gasteiger partial charge in [0.15, 0.2) is 0 Å². The average molecular weight is 180 g/mol. The highest BCUT2D eigenvalue weighted by Gasteiger charge is 1.99. The Morgan fingerprint density at radius 1 is 1.31 bits per heavy atom. The van der Waals surface area contributed by atoms with Crippen LogP contribution in [0.4, 0.5) is 0 Å². The van der Waals surface area contributed by atoms with E-state index in [9.17, 15) is 0 Å². The van der Waals surface area contributed by atoms with Crippen molar-refractivity contribution in [1.82, 2.24) is 0 Å². The molecule has 1 aromatic carbocycles. The number of aliphatic hydroxyl groups excluding tert-OH is 1. The van der Waals surface area contributed by atoms with Crippen LogP contribution in [0.3, 0.4) is 0 Å². The van der Waals surface area contributed by atoms with Crippen molar-refractivity contribution in [2.75, 3.05) is 0 Å². The van der Waals surface area contributed by atoms with Gasteiger partial charge in [0.1, 0.15) is 5.75 Å². The van der Waals surface area contributed by atoms with E-state index in [-0.39, 0.29) is 12.7 Å². The van der Waals surface area contributed by atoms with Gasteiger partial charge in [-0.2, -0.15) is 0 Å². The topological polar surface area (TPSA) is 29.5 Å². The van der Waals surface area contributed by atoms with Gasteiger partial charge < -0.3 is 9.84 Å². The van der Waals surface area contributed by atoms with Crippen LogP contribution in [0.25, 0.3) is 0 Å². The summed E-state index contributed by atoms with van der Waals surface area (Å²) in [5.41, 5.74) is 0.913. The molecule has 1 unspecified atom stereocenters. The molecule has 1 atom stereocenters. The highest BCUT2D eigenvalue weighted by Crippen LogP contribution is 2.14. The number of ether oxygens (including phenoxy) is 1. The molecule has 0 heterocycles. The molecule has 72 valence electrons. The zero-order valence-corrected chi connectivity index (χ0v) is 8.16. The van der Waals surface area contributed by atoms with Gasteiger partial charge in [0.25, 0.3) is 0 Å². The first-order valence-corrected chi connectivity index (χ1v) is 4.62. The van der Waals surface area contributed by atoms with Crippen LogP contribution >= 0.6 is 0 Å². The summed E-state index contributed by atoms with van der Waals surface area (Å²) >= 11 is 0. The number of rotatable bonds is 4. The van der Waals surface area contributed by atoms with E-state index in [0.29, 0.717) is 0 Å². The minimum absolute atomic E-state index is 0.0869. The minimum Gasteiger partial charge on any atom is -0.491 e. The first-order chi connectivity index (χ1) is 6.26. The lowest BCUT2D eigenvalue weighted by molar-refractivity contribution is 0.217. The molecule has 1 rings (SSSR count). The summed E-state index contributed by atoms with van der Waals surface area (Å²) < 4.78 is 5.58. The summed E-state index contributed by atoms with van der Waals surface area (Å²) in [6.07, 6.45) is 1.25. The molecule has 0 spiro atoms. The van der Waals surface area contributed by atoms with Crippen molar-refractivity contribution in [2.45, 2.75) is 33.0 Å². The minimum atomic E-state index is 0.0869. The summed E-state index contributed by atoms with van der Waals surface area (Å²) in [7, 11) is 0. The van der Waals surface area contributed by atoms with Gasteiger partial charge in [-0.3, -0.25) is 0 Å². The molecule has 0 radical (unpaired) electrons. The molecule has 1 N–H and O–H groups in total. The Labute approximate surface area is 79.2 Å². The van der Waals surface area contributed by atoms with E-state index in [1.165, 1.54) is 0 Å². The first-order valence-electron chi connectivity index (χ1n) is 4.62. The normalized spacial score (nSPS) is 12.5. The number of aliphatic hydroxyl groups is 1. The summed E-state index contributed by atoms with van der Waals surface area (Å²) in [6, 6.07) is 7.52. The van der Waals surface area contributed by atoms with Crippen molar-refractivity contribution >= 4 is 0 Å². The van der Waals surface area contributed by atoms with E-state index in [1.807, 2.05) is 31.2 Å². The fourth-order valence-corrected chi connectivity index (χ4v) is 0.989. The smallest absolute Gasteiger partial charge is 0.119 e. The summed E-state index contributed by atoms with van der Waals surface area (Å²) in [5, 5.41) is 8.82. The largest absolute Gasteiger partial charge is 0.491 e. The fourth-order valence-electron chi connectivity index (χ4n) is 0.989. The predicted octanol–water partition coefficient (Wildman–Crippen LogP) is 2.36. The van der Waals surface area contributed by atoms with E-state index < -0.39 is 0 Å². The number of hydrogen-bond donors (Lipinski definition) is 1. The van der Waals surface area contributed by atoms with Gasteiger partial charge in [-0.1, -0.05) is 19.1 Å². The molecule has 0 saturated heterocycles. The molecule has 0 fully saturated rings. The Hall–Kier alpha value is -1.02. The second-order valence-corrected chi connectivity index (χ2v) is 3.14. The van der Waals surface area contributed by atoms with Crippen LogP contribution in [0, 0.1) is 0 Å². The molecule has 1 aromatic rings. The molecule has 0 aliphatic heterocycles. The monoisotopic (exact) mass is 180 g/mol. The Balaban J connectivity index is 2.58. The van der Waals surface area contributed by atoms with Crippen LogP contribution in [-0.4, -0.2) is 11.2 Å². The van der Waals surface area contributed by atoms with Crippen molar-refractivity contribution in [3.05, 3.63) is 29.8 Å². The fraction of sp³-hybridized carbons (Fsp3) is 0.455. The zero-order chi connectivity index (χ0) is 9.68. The molecule has 13 heavy (non-hydrogen) atoms. The second kappa shape index (κ2) is 4.87. The van der Waals surface area contributed by atoms with E-state index in [1.54, 1.807) is 0 Å². The molecule has 0 aliphatic rings. The van der Waals surface area contributed by atoms with E-state index in [2.05, 4.69) is 6.92 Å². The molecule has 0 saturated carbocycles. The molecular weight excluding hydrogens is 164 g/mol. The quantitative estimate of drug-likeness (QED) is 0.770. The van der Waals surface area contributed by atoms with Gasteiger partial charge in [-0.15, -0.1) is 0 Å². The Morgan fingerprint density at radius 2 is 1.92 bits per heavy atom. The van der Waals surface area contributed by atoms with Crippen molar-refractivity contribution in [3.8, 4) is 5.75 Å². The Kier molecular flexibility index (Phi) is 3.77. The van der Waals surface area contributed by atoms with Crippen LogP contribution in [0.1, 0.15) is 25.8 Å². The number of hydrogen-bond acceptors (Lipinski definition) is 2. The van der Waals surface area contributed by atoms with E-state index in [4.69, 9.17) is 9.84 Å². The Morgan fingerprint density at radius 3 is 2.38 bits per heavy atom. The van der Waals surface area contributed by atoms with Gasteiger partial charge in [0.2, 0.25) is 0 Å². The lowest BCUT2D eigenvalue weighted by Crippen LogP contribution is -2.09. The molecule has 0 aliphatic carbocycles. The third-order valence-corrected chi connectivity index (χ3v) is 2.02. The van der Waals surface area contributed by atoms with Crippen LogP contribution in [-0.2, 0) is 6.61 Å². The third kappa shape index (κ3) is 3.07. The first kappa shape index (κ1) is 10.1. The maximum atomic E-state index is 8.82. The summed E-state index contributed by atoms with van der Waals surface area (Å²) in [4.78, 5) is 0. The highest BCUT2D eigenvalue weighted by atomic mass is 16.5. The predicted molar refractivity (Wildman–Crippen MR) is 52.7 cm³/mol. The van der Waals surface area contributed by atoms with Crippen LogP contribution in [0.5, 0.6) is 5.75 Å². The van der Waals surface area contributed by atoms with Crippen LogP contribution < -0.4 is 4.74 Å². The summed E-state index contributed by atoms with van der Waals surface area (Å²) in [6.45, 7) is 4.22. The maximum Gasteiger partial charge on any atom is 0.119 e. The third-order valence-electron chi connectivity index (χ3n) is 2.02. The van der Waals surface area contributed by atoms with Crippen molar-refractivity contribution < 1.29 is 9.84 Å². The molecule has 2 heteroatoms. The SMILES string of the molecule is CCC(C)Oc1ccc(CO)cc1. The van der Waals surface area contributed by atoms with Gasteiger partial charge in [0, 0.05) is 0 Å². The zero-order valence-electron chi connectivity index (χ0n) is 8.16. The highest BCUT2D eigenvalue weighted by molar-refractivity contribution is 5.26. The van der Waals surface area contributed by atoms with E-state index in [0.717, 1.165) is 17.7 Å². The van der Waals surface area contributed by atoms with Gasteiger partial charge >= 0.3 is 0 Å². The lowest BCUT2D eigenvalue weighted by Gasteiger charge is -2.12. The second-order valence-electron chi connectivity index (χ2n) is 3.14. The molecule has 0 bridgehead atoms. The average Bonchev–Trinajstić information content (AvgIpc) is 2.19. The Bertz CT molecular complexity index is 241. The standard InChI is InChI=1S/C11H16O2/c1-3-9(2)13-11-6-4-10(8-12)5-7-11/h4-7,9,12H,3,8H2,1-2H3. The van der Waals surface area contributed by atoms with Gasteiger partial charge in [-0.25, -0.2) is 0 Å². The lowest BCUT2D eigenvalue weighted by atomic mass is 10.2. The molecule has 2 nitrogen and oxygen atoms in total. The van der Waals surface area contributed by atoms with Crippen molar-refractivity contribution in [2.24, 2.45) is 0 Å². The molecular formula is C11H16O2. The van der Waals surface area contributed by atoms with Gasteiger partial charge in [0.05, 0.1) is 12.7 Å². The maximum absolute atomic E-state index is 8.82. The van der Waals surface area contributed by atoms with Crippen molar-refractivity contribution in [1.29, 1.82) is 0 Å². The van der Waals surface area contributed by atoms with Crippen molar-refractivity contribution in [3.63, 3.8) is 0 Å². The van der Waals surface area contributed by atoms with E-state index >= 15 is 0 Å². The van der Waals surface area contributed by atoms with Crippen LogP contribution in [0.15, 0.2) is 24.3 Å². The van der Waals surface area contributed by atoms with Crippen LogP contribution in [0.2, 0.25) is 0 Å². The summed E-state index contributed by atoms with van der Waals surface area (Å²) in [5.74, 6) is 0.867.